The Labute approximate surface area is 105 Å². The molecule has 0 saturated heterocycles. The smallest absolute Gasteiger partial charge is 0.414 e. The molecular weight excluding hydrogens is 232 g/mol. The van der Waals surface area contributed by atoms with E-state index in [4.69, 9.17) is 9.26 Å². The number of rotatable bonds is 3. The number of nitrogens with zero attached hydrogens (tertiary/aromatic N) is 1. The normalized spacial score (nSPS) is 10.1. The second kappa shape index (κ2) is 5.35. The molecule has 0 aliphatic heterocycles. The van der Waals surface area contributed by atoms with Gasteiger partial charge in [-0.2, -0.15) is 0 Å². The molecule has 1 aromatic heterocycles. The number of ether oxygens (including phenoxy) is 1. The summed E-state index contributed by atoms with van der Waals surface area (Å²) in [5.74, 6) is 0.325. The van der Waals surface area contributed by atoms with Gasteiger partial charge >= 0.3 is 6.09 Å². The first-order valence-corrected chi connectivity index (χ1v) is 5.57. The van der Waals surface area contributed by atoms with E-state index in [1.165, 1.54) is 0 Å². The van der Waals surface area contributed by atoms with Crippen LogP contribution in [-0.2, 0) is 11.3 Å². The monoisotopic (exact) mass is 246 g/mol. The van der Waals surface area contributed by atoms with Crippen LogP contribution >= 0.6 is 0 Å². The summed E-state index contributed by atoms with van der Waals surface area (Å²) in [6, 6.07) is 9.46. The molecule has 0 aliphatic rings. The number of nitrogens with one attached hydrogen (secondary N) is 1. The van der Waals surface area contributed by atoms with Crippen molar-refractivity contribution in [2.24, 2.45) is 0 Å². The molecule has 0 radical (unpaired) electrons. The summed E-state index contributed by atoms with van der Waals surface area (Å²) in [7, 11) is 0. The zero-order valence-electron chi connectivity index (χ0n) is 10.3. The van der Waals surface area contributed by atoms with Gasteiger partial charge < -0.3 is 9.26 Å². The second-order valence-corrected chi connectivity index (χ2v) is 3.91. The fourth-order valence-corrected chi connectivity index (χ4v) is 1.38. The highest BCUT2D eigenvalue weighted by Gasteiger charge is 2.12. The maximum absolute atomic E-state index is 11.5. The van der Waals surface area contributed by atoms with Crippen molar-refractivity contribution in [1.29, 1.82) is 0 Å². The van der Waals surface area contributed by atoms with Gasteiger partial charge in [0, 0.05) is 5.56 Å². The van der Waals surface area contributed by atoms with Crippen molar-refractivity contribution in [1.82, 2.24) is 5.16 Å². The van der Waals surface area contributed by atoms with Gasteiger partial charge in [0.15, 0.2) is 0 Å². The van der Waals surface area contributed by atoms with E-state index in [0.717, 1.165) is 16.8 Å². The molecule has 0 unspecified atom stereocenters. The van der Waals surface area contributed by atoms with Gasteiger partial charge in [-0.1, -0.05) is 35.5 Å². The molecule has 0 bridgehead atoms. The van der Waals surface area contributed by atoms with Crippen molar-refractivity contribution in [3.05, 3.63) is 47.2 Å². The molecule has 1 heterocycles. The zero-order valence-corrected chi connectivity index (χ0v) is 10.3. The SMILES string of the molecule is Cc1noc(NC(=O)OCc2ccccc2)c1C. The Bertz CT molecular complexity index is 534. The predicted octanol–water partition coefficient (Wildman–Crippen LogP) is 3.04. The number of carbonyl (C=O) groups is 1. The van der Waals surface area contributed by atoms with Crippen LogP contribution in [0.4, 0.5) is 10.7 Å². The quantitative estimate of drug-likeness (QED) is 0.904. The van der Waals surface area contributed by atoms with Crippen LogP contribution in [0.15, 0.2) is 34.9 Å². The molecule has 1 amide bonds. The molecule has 2 rings (SSSR count). The average molecular weight is 246 g/mol. The number of hydrogen-bond donors (Lipinski definition) is 1. The van der Waals surface area contributed by atoms with Gasteiger partial charge in [0.2, 0.25) is 5.88 Å². The highest BCUT2D eigenvalue weighted by atomic mass is 16.6. The van der Waals surface area contributed by atoms with Crippen LogP contribution in [-0.4, -0.2) is 11.2 Å². The fraction of sp³-hybridized carbons (Fsp3) is 0.231. The first-order valence-electron chi connectivity index (χ1n) is 5.57. The van der Waals surface area contributed by atoms with E-state index in [0.29, 0.717) is 5.88 Å². The third kappa shape index (κ3) is 2.88. The Kier molecular flexibility index (Phi) is 3.62. The summed E-state index contributed by atoms with van der Waals surface area (Å²) >= 11 is 0. The highest BCUT2D eigenvalue weighted by Crippen LogP contribution is 2.17. The predicted molar refractivity (Wildman–Crippen MR) is 66.2 cm³/mol. The van der Waals surface area contributed by atoms with Gasteiger partial charge in [0.05, 0.1) is 5.69 Å². The lowest BCUT2D eigenvalue weighted by Gasteiger charge is -2.05. The number of aryl methyl sites for hydroxylation is 1. The van der Waals surface area contributed by atoms with Crippen LogP contribution < -0.4 is 5.32 Å². The third-order valence-corrected chi connectivity index (χ3v) is 2.59. The van der Waals surface area contributed by atoms with Gasteiger partial charge in [-0.25, -0.2) is 4.79 Å². The summed E-state index contributed by atoms with van der Waals surface area (Å²) in [6.07, 6.45) is -0.557. The van der Waals surface area contributed by atoms with E-state index in [1.807, 2.05) is 37.3 Å². The minimum absolute atomic E-state index is 0.221. The lowest BCUT2D eigenvalue weighted by atomic mass is 10.2. The van der Waals surface area contributed by atoms with Crippen molar-refractivity contribution in [2.75, 3.05) is 5.32 Å². The van der Waals surface area contributed by atoms with Crippen LogP contribution in [0.5, 0.6) is 0 Å². The Morgan fingerprint density at radius 3 is 2.67 bits per heavy atom. The van der Waals surface area contributed by atoms with E-state index >= 15 is 0 Å². The number of aromatic nitrogens is 1. The zero-order chi connectivity index (χ0) is 13.0. The van der Waals surface area contributed by atoms with Gasteiger partial charge in [0.1, 0.15) is 6.61 Å². The molecule has 0 saturated carbocycles. The van der Waals surface area contributed by atoms with Crippen LogP contribution in [0.1, 0.15) is 16.8 Å². The number of hydrogen-bond acceptors (Lipinski definition) is 4. The summed E-state index contributed by atoms with van der Waals surface area (Å²) < 4.78 is 10.0. The summed E-state index contributed by atoms with van der Waals surface area (Å²) in [5.41, 5.74) is 2.47. The molecule has 0 aliphatic carbocycles. The summed E-state index contributed by atoms with van der Waals surface area (Å²) in [5, 5.41) is 6.25. The lowest BCUT2D eigenvalue weighted by Crippen LogP contribution is -2.13. The Balaban J connectivity index is 1.88. The number of anilines is 1. The van der Waals surface area contributed by atoms with E-state index < -0.39 is 6.09 Å². The van der Waals surface area contributed by atoms with Crippen LogP contribution in [0, 0.1) is 13.8 Å². The van der Waals surface area contributed by atoms with Crippen LogP contribution in [0.2, 0.25) is 0 Å². The van der Waals surface area contributed by atoms with Crippen molar-refractivity contribution in [3.8, 4) is 0 Å². The molecule has 0 atom stereocenters. The lowest BCUT2D eigenvalue weighted by molar-refractivity contribution is 0.154. The largest absolute Gasteiger partial charge is 0.444 e. The average Bonchev–Trinajstić information content (AvgIpc) is 2.70. The topological polar surface area (TPSA) is 64.4 Å². The van der Waals surface area contributed by atoms with Gasteiger partial charge in [-0.15, -0.1) is 0 Å². The molecule has 5 heteroatoms. The number of benzene rings is 1. The van der Waals surface area contributed by atoms with E-state index in [2.05, 4.69) is 10.5 Å². The minimum Gasteiger partial charge on any atom is -0.444 e. The van der Waals surface area contributed by atoms with E-state index in [-0.39, 0.29) is 6.61 Å². The summed E-state index contributed by atoms with van der Waals surface area (Å²) in [4.78, 5) is 11.5. The van der Waals surface area contributed by atoms with Crippen molar-refractivity contribution < 1.29 is 14.1 Å². The molecule has 5 nitrogen and oxygen atoms in total. The number of carbonyl (C=O) groups excluding carboxylic acids is 1. The molecule has 2 aromatic rings. The van der Waals surface area contributed by atoms with Gasteiger partial charge in [-0.05, 0) is 19.4 Å². The van der Waals surface area contributed by atoms with Crippen LogP contribution in [0.25, 0.3) is 0 Å². The fourth-order valence-electron chi connectivity index (χ4n) is 1.38. The van der Waals surface area contributed by atoms with Crippen molar-refractivity contribution >= 4 is 12.0 Å². The highest BCUT2D eigenvalue weighted by molar-refractivity contribution is 5.83. The Morgan fingerprint density at radius 1 is 1.33 bits per heavy atom. The molecule has 1 N–H and O–H groups in total. The third-order valence-electron chi connectivity index (χ3n) is 2.59. The molecule has 1 aromatic carbocycles. The van der Waals surface area contributed by atoms with E-state index in [9.17, 15) is 4.79 Å². The molecular formula is C13H14N2O3. The standard InChI is InChI=1S/C13H14N2O3/c1-9-10(2)15-18-12(9)14-13(16)17-8-11-6-4-3-5-7-11/h3-7H,8H2,1-2H3,(H,14,16). The van der Waals surface area contributed by atoms with Crippen LogP contribution in [0.3, 0.4) is 0 Å². The number of amides is 1. The summed E-state index contributed by atoms with van der Waals surface area (Å²) in [6.45, 7) is 3.84. The van der Waals surface area contributed by atoms with Crippen molar-refractivity contribution in [2.45, 2.75) is 20.5 Å². The van der Waals surface area contributed by atoms with Crippen molar-refractivity contribution in [3.63, 3.8) is 0 Å². The minimum atomic E-state index is -0.557. The first kappa shape index (κ1) is 12.2. The maximum atomic E-state index is 11.5. The Hall–Kier alpha value is -2.30. The Morgan fingerprint density at radius 2 is 2.06 bits per heavy atom. The van der Waals surface area contributed by atoms with Gasteiger partial charge in [0.25, 0.3) is 0 Å². The van der Waals surface area contributed by atoms with E-state index in [1.54, 1.807) is 6.92 Å². The van der Waals surface area contributed by atoms with Gasteiger partial charge in [-0.3, -0.25) is 5.32 Å². The molecule has 0 spiro atoms. The molecule has 94 valence electrons. The second-order valence-electron chi connectivity index (χ2n) is 3.91. The first-order chi connectivity index (χ1) is 8.66. The maximum Gasteiger partial charge on any atom is 0.414 e. The molecule has 0 fully saturated rings. The molecule has 18 heavy (non-hydrogen) atoms.